The number of amides is 1. The van der Waals surface area contributed by atoms with Crippen LogP contribution in [0.5, 0.6) is 0 Å². The lowest BCUT2D eigenvalue weighted by Crippen LogP contribution is -2.41. The molecule has 0 N–H and O–H groups in total. The molecule has 0 unspecified atom stereocenters. The first-order valence-corrected chi connectivity index (χ1v) is 10.4. The Labute approximate surface area is 176 Å². The molecule has 0 atom stereocenters. The van der Waals surface area contributed by atoms with E-state index in [1.54, 1.807) is 0 Å². The monoisotopic (exact) mass is 412 g/mol. The van der Waals surface area contributed by atoms with Crippen molar-refractivity contribution in [2.45, 2.75) is 25.9 Å². The van der Waals surface area contributed by atoms with Crippen LogP contribution in [0, 0.1) is 0 Å². The van der Waals surface area contributed by atoms with Crippen molar-refractivity contribution in [1.82, 2.24) is 19.6 Å². The molecule has 8 nitrogen and oxygen atoms in total. The van der Waals surface area contributed by atoms with Crippen molar-refractivity contribution in [3.63, 3.8) is 0 Å². The molecule has 1 amide bonds. The molecule has 1 fully saturated rings. The second-order valence-electron chi connectivity index (χ2n) is 7.67. The third-order valence-corrected chi connectivity index (χ3v) is 5.75. The van der Waals surface area contributed by atoms with E-state index in [0.29, 0.717) is 58.1 Å². The van der Waals surface area contributed by atoms with Gasteiger partial charge in [0.2, 0.25) is 0 Å². The van der Waals surface area contributed by atoms with E-state index in [1.807, 2.05) is 27.8 Å². The zero-order valence-corrected chi connectivity index (χ0v) is 17.4. The lowest BCUT2D eigenvalue weighted by molar-refractivity contribution is -0.141. The van der Waals surface area contributed by atoms with Gasteiger partial charge in [-0.2, -0.15) is 5.10 Å². The van der Waals surface area contributed by atoms with Crippen molar-refractivity contribution < 1.29 is 19.1 Å². The normalized spacial score (nSPS) is 16.9. The number of carbonyl (C=O) groups excluding carboxylic acids is 2. The molecule has 1 aromatic heterocycles. The number of rotatable bonds is 6. The topological polar surface area (TPSA) is 76.9 Å². The predicted molar refractivity (Wildman–Crippen MR) is 110 cm³/mol. The van der Waals surface area contributed by atoms with E-state index < -0.39 is 0 Å². The molecule has 2 aromatic rings. The average Bonchev–Trinajstić information content (AvgIpc) is 3.15. The summed E-state index contributed by atoms with van der Waals surface area (Å²) >= 11 is 0. The van der Waals surface area contributed by atoms with Crippen molar-refractivity contribution in [2.24, 2.45) is 0 Å². The molecule has 0 spiro atoms. The molecular formula is C22H28N4O4. The van der Waals surface area contributed by atoms with Gasteiger partial charge in [-0.25, -0.2) is 0 Å². The standard InChI is InChI=1S/C22H28N4O4/c1-29-20(27)8-10-24-9-7-19-18(16-24)21(22(28)25-11-13-30-14-12-25)23-26(19)15-17-5-3-2-4-6-17/h2-6H,7-16H2,1H3. The summed E-state index contributed by atoms with van der Waals surface area (Å²) in [7, 11) is 1.41. The Bertz CT molecular complexity index is 890. The quantitative estimate of drug-likeness (QED) is 0.666. The second-order valence-corrected chi connectivity index (χ2v) is 7.67. The van der Waals surface area contributed by atoms with E-state index in [0.717, 1.165) is 29.8 Å². The number of nitrogens with zero attached hydrogens (tertiary/aromatic N) is 4. The predicted octanol–water partition coefficient (Wildman–Crippen LogP) is 1.33. The van der Waals surface area contributed by atoms with Gasteiger partial charge in [-0.1, -0.05) is 30.3 Å². The molecule has 0 radical (unpaired) electrons. The summed E-state index contributed by atoms with van der Waals surface area (Å²) in [6, 6.07) is 10.2. The number of ether oxygens (including phenoxy) is 2. The highest BCUT2D eigenvalue weighted by molar-refractivity contribution is 5.94. The maximum atomic E-state index is 13.3. The van der Waals surface area contributed by atoms with Gasteiger partial charge >= 0.3 is 5.97 Å². The van der Waals surface area contributed by atoms with Crippen LogP contribution in [0.3, 0.4) is 0 Å². The van der Waals surface area contributed by atoms with Crippen LogP contribution >= 0.6 is 0 Å². The molecule has 8 heteroatoms. The van der Waals surface area contributed by atoms with E-state index in [4.69, 9.17) is 14.6 Å². The highest BCUT2D eigenvalue weighted by Crippen LogP contribution is 2.25. The molecule has 0 bridgehead atoms. The van der Waals surface area contributed by atoms with E-state index in [1.165, 1.54) is 7.11 Å². The number of hydrogen-bond donors (Lipinski definition) is 0. The lowest BCUT2D eigenvalue weighted by atomic mass is 10.0. The lowest BCUT2D eigenvalue weighted by Gasteiger charge is -2.29. The smallest absolute Gasteiger partial charge is 0.306 e. The molecule has 0 saturated carbocycles. The maximum Gasteiger partial charge on any atom is 0.306 e. The summed E-state index contributed by atoms with van der Waals surface area (Å²) in [5.74, 6) is -0.249. The third-order valence-electron chi connectivity index (χ3n) is 5.75. The van der Waals surface area contributed by atoms with Crippen LogP contribution in [0.15, 0.2) is 30.3 Å². The largest absolute Gasteiger partial charge is 0.469 e. The summed E-state index contributed by atoms with van der Waals surface area (Å²) in [6.07, 6.45) is 1.14. The first kappa shape index (κ1) is 20.6. The second kappa shape index (κ2) is 9.40. The average molecular weight is 412 g/mol. The van der Waals surface area contributed by atoms with Gasteiger partial charge in [0.15, 0.2) is 5.69 Å². The molecule has 160 valence electrons. The number of esters is 1. The summed E-state index contributed by atoms with van der Waals surface area (Å²) in [6.45, 7) is 5.00. The first-order chi connectivity index (χ1) is 14.7. The van der Waals surface area contributed by atoms with E-state index in [9.17, 15) is 9.59 Å². The van der Waals surface area contributed by atoms with Crippen molar-refractivity contribution in [3.05, 3.63) is 52.8 Å². The summed E-state index contributed by atoms with van der Waals surface area (Å²) in [4.78, 5) is 28.8. The highest BCUT2D eigenvalue weighted by Gasteiger charge is 2.31. The highest BCUT2D eigenvalue weighted by atomic mass is 16.5. The number of aromatic nitrogens is 2. The van der Waals surface area contributed by atoms with Gasteiger partial charge in [0, 0.05) is 50.4 Å². The molecule has 1 saturated heterocycles. The van der Waals surface area contributed by atoms with Crippen LogP contribution in [-0.4, -0.2) is 78.0 Å². The van der Waals surface area contributed by atoms with Crippen LogP contribution < -0.4 is 0 Å². The fourth-order valence-electron chi connectivity index (χ4n) is 4.06. The van der Waals surface area contributed by atoms with Crippen molar-refractivity contribution in [2.75, 3.05) is 46.5 Å². The van der Waals surface area contributed by atoms with Gasteiger partial charge in [0.1, 0.15) is 0 Å². The van der Waals surface area contributed by atoms with Crippen LogP contribution in [0.4, 0.5) is 0 Å². The van der Waals surface area contributed by atoms with Gasteiger partial charge in [-0.15, -0.1) is 0 Å². The molecule has 0 aliphatic carbocycles. The molecular weight excluding hydrogens is 384 g/mol. The fraction of sp³-hybridized carbons (Fsp3) is 0.500. The number of morpholine rings is 1. The summed E-state index contributed by atoms with van der Waals surface area (Å²) in [5.41, 5.74) is 3.79. The van der Waals surface area contributed by atoms with Crippen LogP contribution in [0.2, 0.25) is 0 Å². The Hall–Kier alpha value is -2.71. The Morgan fingerprint density at radius 1 is 1.13 bits per heavy atom. The number of benzene rings is 1. The van der Waals surface area contributed by atoms with Crippen LogP contribution in [-0.2, 0) is 33.8 Å². The van der Waals surface area contributed by atoms with Crippen molar-refractivity contribution >= 4 is 11.9 Å². The number of fused-ring (bicyclic) bond motifs is 1. The number of carbonyl (C=O) groups is 2. The van der Waals surface area contributed by atoms with Crippen molar-refractivity contribution in [3.8, 4) is 0 Å². The van der Waals surface area contributed by atoms with Gasteiger partial charge in [-0.05, 0) is 5.56 Å². The van der Waals surface area contributed by atoms with Gasteiger partial charge in [0.25, 0.3) is 5.91 Å². The molecule has 1 aromatic carbocycles. The maximum absolute atomic E-state index is 13.3. The number of methoxy groups -OCH3 is 1. The number of hydrogen-bond acceptors (Lipinski definition) is 6. The minimum absolute atomic E-state index is 0.0313. The Kier molecular flexibility index (Phi) is 6.44. The Morgan fingerprint density at radius 3 is 2.63 bits per heavy atom. The van der Waals surface area contributed by atoms with E-state index in [-0.39, 0.29) is 11.9 Å². The van der Waals surface area contributed by atoms with Gasteiger partial charge in [-0.3, -0.25) is 19.2 Å². The third kappa shape index (κ3) is 4.55. The minimum Gasteiger partial charge on any atom is -0.469 e. The van der Waals surface area contributed by atoms with Crippen molar-refractivity contribution in [1.29, 1.82) is 0 Å². The molecule has 4 rings (SSSR count). The van der Waals surface area contributed by atoms with Crippen LogP contribution in [0.25, 0.3) is 0 Å². The van der Waals surface area contributed by atoms with Crippen LogP contribution in [0.1, 0.15) is 33.7 Å². The molecule has 30 heavy (non-hydrogen) atoms. The minimum atomic E-state index is -0.217. The first-order valence-electron chi connectivity index (χ1n) is 10.4. The van der Waals surface area contributed by atoms with Gasteiger partial charge in [0.05, 0.1) is 33.3 Å². The molecule has 2 aliphatic rings. The van der Waals surface area contributed by atoms with Gasteiger partial charge < -0.3 is 14.4 Å². The van der Waals surface area contributed by atoms with E-state index in [2.05, 4.69) is 17.0 Å². The van der Waals surface area contributed by atoms with E-state index >= 15 is 0 Å². The zero-order valence-electron chi connectivity index (χ0n) is 17.4. The summed E-state index contributed by atoms with van der Waals surface area (Å²) < 4.78 is 12.1. The zero-order chi connectivity index (χ0) is 20.9. The fourth-order valence-corrected chi connectivity index (χ4v) is 4.06. The molecule has 3 heterocycles. The Morgan fingerprint density at radius 2 is 1.90 bits per heavy atom. The SMILES string of the molecule is COC(=O)CCN1CCc2c(c(C(=O)N3CCOCC3)nn2Cc2ccccc2)C1. The Balaban J connectivity index is 1.60. The molecule has 2 aliphatic heterocycles. The summed E-state index contributed by atoms with van der Waals surface area (Å²) in [5, 5.41) is 4.77.